The fourth-order valence-corrected chi connectivity index (χ4v) is 3.29. The summed E-state index contributed by atoms with van der Waals surface area (Å²) < 4.78 is 6.78. The molecule has 3 nitrogen and oxygen atoms in total. The first-order chi connectivity index (χ1) is 11.0. The van der Waals surface area contributed by atoms with Gasteiger partial charge >= 0.3 is 5.97 Å². The Labute approximate surface area is 148 Å². The van der Waals surface area contributed by atoms with Crippen molar-refractivity contribution in [2.45, 2.75) is 64.5 Å². The average molecular weight is 382 g/mol. The van der Waals surface area contributed by atoms with Gasteiger partial charge in [-0.1, -0.05) is 41.9 Å². The standard InChI is InChI=1S/C19H28BrNO2/c1-14(2)13-18(19(22)23-17-5-3-4-6-17)21-12-11-15-7-9-16(20)10-8-15/h7-10,14,17-18,21H,3-6,11-13H2,1-2H3/t18-/m0/s1. The molecule has 0 aromatic heterocycles. The number of hydrogen-bond donors (Lipinski definition) is 1. The number of hydrogen-bond acceptors (Lipinski definition) is 3. The normalized spacial score (nSPS) is 16.7. The molecule has 23 heavy (non-hydrogen) atoms. The summed E-state index contributed by atoms with van der Waals surface area (Å²) in [7, 11) is 0. The molecular weight excluding hydrogens is 354 g/mol. The summed E-state index contributed by atoms with van der Waals surface area (Å²) in [5.41, 5.74) is 1.27. The second kappa shape index (κ2) is 9.43. The fourth-order valence-electron chi connectivity index (χ4n) is 3.03. The summed E-state index contributed by atoms with van der Waals surface area (Å²) in [4.78, 5) is 12.4. The number of ether oxygens (including phenoxy) is 1. The van der Waals surface area contributed by atoms with Crippen LogP contribution in [0.3, 0.4) is 0 Å². The maximum absolute atomic E-state index is 12.4. The van der Waals surface area contributed by atoms with Crippen LogP contribution in [0.5, 0.6) is 0 Å². The van der Waals surface area contributed by atoms with Crippen molar-refractivity contribution >= 4 is 21.9 Å². The van der Waals surface area contributed by atoms with E-state index in [1.807, 2.05) is 0 Å². The molecule has 1 N–H and O–H groups in total. The van der Waals surface area contributed by atoms with Crippen LogP contribution in [-0.4, -0.2) is 24.7 Å². The van der Waals surface area contributed by atoms with Crippen molar-refractivity contribution in [1.82, 2.24) is 5.32 Å². The number of esters is 1. The summed E-state index contributed by atoms with van der Waals surface area (Å²) in [6, 6.07) is 8.14. The molecule has 0 amide bonds. The van der Waals surface area contributed by atoms with Crippen molar-refractivity contribution < 1.29 is 9.53 Å². The minimum absolute atomic E-state index is 0.0681. The highest BCUT2D eigenvalue weighted by Gasteiger charge is 2.25. The Morgan fingerprint density at radius 1 is 1.26 bits per heavy atom. The average Bonchev–Trinajstić information content (AvgIpc) is 3.00. The van der Waals surface area contributed by atoms with Gasteiger partial charge in [0.2, 0.25) is 0 Å². The lowest BCUT2D eigenvalue weighted by Gasteiger charge is -2.21. The van der Waals surface area contributed by atoms with Crippen molar-refractivity contribution in [3.8, 4) is 0 Å². The molecule has 0 aliphatic heterocycles. The van der Waals surface area contributed by atoms with E-state index >= 15 is 0 Å². The third-order valence-electron chi connectivity index (χ3n) is 4.29. The van der Waals surface area contributed by atoms with Gasteiger partial charge in [-0.05, 0) is 68.7 Å². The van der Waals surface area contributed by atoms with Gasteiger partial charge in [0.15, 0.2) is 0 Å². The van der Waals surface area contributed by atoms with Crippen LogP contribution in [-0.2, 0) is 16.0 Å². The third kappa shape index (κ3) is 6.64. The summed E-state index contributed by atoms with van der Waals surface area (Å²) in [6.07, 6.45) is 6.31. The zero-order valence-corrected chi connectivity index (χ0v) is 15.8. The topological polar surface area (TPSA) is 38.3 Å². The molecule has 0 bridgehead atoms. The van der Waals surface area contributed by atoms with Crippen LogP contribution in [0.15, 0.2) is 28.7 Å². The SMILES string of the molecule is CC(C)C[C@H](NCCc1ccc(Br)cc1)C(=O)OC1CCCC1. The van der Waals surface area contributed by atoms with E-state index in [1.165, 1.54) is 18.4 Å². The van der Waals surface area contributed by atoms with E-state index in [0.717, 1.165) is 36.7 Å². The number of benzene rings is 1. The van der Waals surface area contributed by atoms with Crippen LogP contribution in [0, 0.1) is 5.92 Å². The zero-order chi connectivity index (χ0) is 16.7. The summed E-state index contributed by atoms with van der Waals surface area (Å²) in [6.45, 7) is 5.08. The molecule has 0 spiro atoms. The number of nitrogens with one attached hydrogen (secondary N) is 1. The molecule has 0 radical (unpaired) electrons. The largest absolute Gasteiger partial charge is 0.461 e. The summed E-state index contributed by atoms with van der Waals surface area (Å²) in [5, 5.41) is 3.40. The Morgan fingerprint density at radius 3 is 2.52 bits per heavy atom. The lowest BCUT2D eigenvalue weighted by atomic mass is 10.0. The molecule has 1 aromatic carbocycles. The molecule has 1 aromatic rings. The van der Waals surface area contributed by atoms with Crippen LogP contribution < -0.4 is 5.32 Å². The molecule has 0 unspecified atom stereocenters. The lowest BCUT2D eigenvalue weighted by molar-refractivity contribution is -0.151. The van der Waals surface area contributed by atoms with Gasteiger partial charge in [-0.3, -0.25) is 4.79 Å². The fraction of sp³-hybridized carbons (Fsp3) is 0.632. The first-order valence-electron chi connectivity index (χ1n) is 8.73. The first-order valence-corrected chi connectivity index (χ1v) is 9.52. The molecule has 1 atom stereocenters. The maximum atomic E-state index is 12.4. The highest BCUT2D eigenvalue weighted by Crippen LogP contribution is 2.22. The first kappa shape index (κ1) is 18.5. The molecule has 0 heterocycles. The molecule has 1 fully saturated rings. The van der Waals surface area contributed by atoms with Crippen LogP contribution in [0.2, 0.25) is 0 Å². The van der Waals surface area contributed by atoms with Crippen molar-refractivity contribution in [2.24, 2.45) is 5.92 Å². The molecule has 1 aliphatic rings. The van der Waals surface area contributed by atoms with Gasteiger partial charge in [0.1, 0.15) is 12.1 Å². The molecule has 128 valence electrons. The molecule has 4 heteroatoms. The van der Waals surface area contributed by atoms with E-state index in [4.69, 9.17) is 4.74 Å². The maximum Gasteiger partial charge on any atom is 0.323 e. The van der Waals surface area contributed by atoms with E-state index in [0.29, 0.717) is 5.92 Å². The smallest absolute Gasteiger partial charge is 0.323 e. The highest BCUT2D eigenvalue weighted by molar-refractivity contribution is 9.10. The van der Waals surface area contributed by atoms with Gasteiger partial charge in [0.25, 0.3) is 0 Å². The van der Waals surface area contributed by atoms with Crippen LogP contribution in [0.4, 0.5) is 0 Å². The van der Waals surface area contributed by atoms with E-state index in [9.17, 15) is 4.79 Å². The second-order valence-electron chi connectivity index (χ2n) is 6.86. The second-order valence-corrected chi connectivity index (χ2v) is 7.77. The molecular formula is C19H28BrNO2. The zero-order valence-electron chi connectivity index (χ0n) is 14.2. The van der Waals surface area contributed by atoms with Crippen molar-refractivity contribution in [2.75, 3.05) is 6.54 Å². The van der Waals surface area contributed by atoms with Crippen molar-refractivity contribution in [3.63, 3.8) is 0 Å². The van der Waals surface area contributed by atoms with Crippen molar-refractivity contribution in [3.05, 3.63) is 34.3 Å². The molecule has 0 saturated heterocycles. The van der Waals surface area contributed by atoms with E-state index in [1.54, 1.807) is 0 Å². The number of carbonyl (C=O) groups is 1. The predicted molar refractivity (Wildman–Crippen MR) is 97.4 cm³/mol. The minimum Gasteiger partial charge on any atom is -0.461 e. The molecule has 1 aliphatic carbocycles. The van der Waals surface area contributed by atoms with Gasteiger partial charge in [-0.15, -0.1) is 0 Å². The number of rotatable bonds is 8. The van der Waals surface area contributed by atoms with Gasteiger partial charge in [0, 0.05) is 4.47 Å². The Balaban J connectivity index is 1.82. The Kier molecular flexibility index (Phi) is 7.57. The summed E-state index contributed by atoms with van der Waals surface area (Å²) in [5.74, 6) is 0.401. The van der Waals surface area contributed by atoms with Gasteiger partial charge < -0.3 is 10.1 Å². The lowest BCUT2D eigenvalue weighted by Crippen LogP contribution is -2.41. The minimum atomic E-state index is -0.189. The van der Waals surface area contributed by atoms with Gasteiger partial charge in [-0.25, -0.2) is 0 Å². The van der Waals surface area contributed by atoms with Gasteiger partial charge in [0.05, 0.1) is 0 Å². The Hall–Kier alpha value is -0.870. The van der Waals surface area contributed by atoms with Crippen LogP contribution in [0.25, 0.3) is 0 Å². The van der Waals surface area contributed by atoms with E-state index in [-0.39, 0.29) is 18.1 Å². The highest BCUT2D eigenvalue weighted by atomic mass is 79.9. The quantitative estimate of drug-likeness (QED) is 0.674. The van der Waals surface area contributed by atoms with E-state index < -0.39 is 0 Å². The monoisotopic (exact) mass is 381 g/mol. The summed E-state index contributed by atoms with van der Waals surface area (Å²) >= 11 is 3.45. The molecule has 2 rings (SSSR count). The Morgan fingerprint density at radius 2 is 1.91 bits per heavy atom. The van der Waals surface area contributed by atoms with Crippen LogP contribution >= 0.6 is 15.9 Å². The predicted octanol–water partition coefficient (Wildman–Crippen LogP) is 4.48. The third-order valence-corrected chi connectivity index (χ3v) is 4.82. The van der Waals surface area contributed by atoms with Crippen LogP contribution in [0.1, 0.15) is 51.5 Å². The van der Waals surface area contributed by atoms with E-state index in [2.05, 4.69) is 59.4 Å². The van der Waals surface area contributed by atoms with Gasteiger partial charge in [-0.2, -0.15) is 0 Å². The Bertz CT molecular complexity index is 481. The number of halogens is 1. The van der Waals surface area contributed by atoms with Crippen molar-refractivity contribution in [1.29, 1.82) is 0 Å². The molecule has 1 saturated carbocycles. The number of carbonyl (C=O) groups excluding carboxylic acids is 1.